The van der Waals surface area contributed by atoms with E-state index in [-0.39, 0.29) is 12.3 Å². The molecule has 1 aliphatic rings. The van der Waals surface area contributed by atoms with E-state index in [2.05, 4.69) is 40.3 Å². The van der Waals surface area contributed by atoms with Gasteiger partial charge in [0.15, 0.2) is 0 Å². The third-order valence-corrected chi connectivity index (χ3v) is 6.04. The van der Waals surface area contributed by atoms with Crippen LogP contribution >= 0.6 is 0 Å². The number of carboxylic acid groups (broad SMARTS) is 1. The third kappa shape index (κ3) is 6.13. The van der Waals surface area contributed by atoms with Crippen molar-refractivity contribution < 1.29 is 19.4 Å². The van der Waals surface area contributed by atoms with Gasteiger partial charge in [-0.1, -0.05) is 19.9 Å². The number of benzene rings is 1. The molecule has 0 amide bonds. The quantitative estimate of drug-likeness (QED) is 0.496. The second-order valence-electron chi connectivity index (χ2n) is 8.23. The molecule has 2 heterocycles. The van der Waals surface area contributed by atoms with Crippen LogP contribution in [0.5, 0.6) is 5.88 Å². The Kier molecular flexibility index (Phi) is 8.73. The fourth-order valence-corrected chi connectivity index (χ4v) is 4.33. The summed E-state index contributed by atoms with van der Waals surface area (Å²) in [4.78, 5) is 18.2. The number of nitrogens with zero attached hydrogens (tertiary/aromatic N) is 2. The average Bonchev–Trinajstić information content (AvgIpc) is 2.82. The van der Waals surface area contributed by atoms with Crippen molar-refractivity contribution in [1.29, 1.82) is 0 Å². The summed E-state index contributed by atoms with van der Waals surface area (Å²) in [6.45, 7) is 6.75. The van der Waals surface area contributed by atoms with Gasteiger partial charge in [0.1, 0.15) is 0 Å². The van der Waals surface area contributed by atoms with Crippen molar-refractivity contribution in [2.75, 3.05) is 37.1 Å². The van der Waals surface area contributed by atoms with Gasteiger partial charge < -0.3 is 24.8 Å². The Bertz CT molecular complexity index is 866. The van der Waals surface area contributed by atoms with Crippen molar-refractivity contribution in [3.63, 3.8) is 0 Å². The second-order valence-corrected chi connectivity index (χ2v) is 8.23. The van der Waals surface area contributed by atoms with Crippen LogP contribution in [0.3, 0.4) is 0 Å². The molecule has 0 aliphatic carbocycles. The first kappa shape index (κ1) is 23.9. The smallest absolute Gasteiger partial charge is 0.303 e. The Morgan fingerprint density at radius 1 is 1.28 bits per heavy atom. The molecule has 1 aromatic carbocycles. The Morgan fingerprint density at radius 2 is 2.06 bits per heavy atom. The molecule has 0 saturated carbocycles. The van der Waals surface area contributed by atoms with Crippen LogP contribution in [-0.2, 0) is 9.53 Å². The van der Waals surface area contributed by atoms with Crippen LogP contribution in [-0.4, -0.2) is 49.0 Å². The maximum Gasteiger partial charge on any atom is 0.303 e. The molecule has 0 spiro atoms. The van der Waals surface area contributed by atoms with Gasteiger partial charge in [-0.05, 0) is 55.4 Å². The molecule has 3 rings (SSSR count). The molecule has 1 aliphatic heterocycles. The first-order chi connectivity index (χ1) is 15.5. The molecule has 1 saturated heterocycles. The number of nitrogens with one attached hydrogen (secondary N) is 1. The molecule has 1 aromatic heterocycles. The van der Waals surface area contributed by atoms with E-state index in [0.717, 1.165) is 68.1 Å². The van der Waals surface area contributed by atoms with Crippen molar-refractivity contribution in [1.82, 2.24) is 4.98 Å². The van der Waals surface area contributed by atoms with Gasteiger partial charge in [-0.25, -0.2) is 4.98 Å². The van der Waals surface area contributed by atoms with Gasteiger partial charge in [0.05, 0.1) is 36.8 Å². The molecule has 1 fully saturated rings. The van der Waals surface area contributed by atoms with E-state index in [0.29, 0.717) is 11.9 Å². The van der Waals surface area contributed by atoms with Crippen LogP contribution in [0.2, 0.25) is 0 Å². The minimum atomic E-state index is -0.774. The largest absolute Gasteiger partial charge is 0.481 e. The zero-order valence-electron chi connectivity index (χ0n) is 19.3. The van der Waals surface area contributed by atoms with Crippen molar-refractivity contribution in [2.45, 2.75) is 57.9 Å². The highest BCUT2D eigenvalue weighted by molar-refractivity contribution is 5.77. The van der Waals surface area contributed by atoms with Gasteiger partial charge in [0, 0.05) is 31.9 Å². The maximum atomic E-state index is 11.4. The number of carbonyl (C=O) groups is 1. The lowest BCUT2D eigenvalue weighted by Gasteiger charge is -2.37. The molecule has 0 bridgehead atoms. The maximum absolute atomic E-state index is 11.4. The van der Waals surface area contributed by atoms with Crippen LogP contribution in [0.25, 0.3) is 0 Å². The first-order valence-corrected chi connectivity index (χ1v) is 11.5. The Labute approximate surface area is 190 Å². The average molecular weight is 442 g/mol. The molecule has 1 atom stereocenters. The van der Waals surface area contributed by atoms with E-state index in [1.54, 1.807) is 13.3 Å². The number of carboxylic acids is 1. The lowest BCUT2D eigenvalue weighted by molar-refractivity contribution is -0.137. The van der Waals surface area contributed by atoms with E-state index in [1.807, 2.05) is 19.1 Å². The molecule has 0 unspecified atom stereocenters. The highest BCUT2D eigenvalue weighted by atomic mass is 16.5. The van der Waals surface area contributed by atoms with Crippen LogP contribution in [0.4, 0.5) is 17.1 Å². The zero-order valence-corrected chi connectivity index (χ0v) is 19.3. The van der Waals surface area contributed by atoms with E-state index < -0.39 is 5.97 Å². The molecular weight excluding hydrogens is 406 g/mol. The molecular formula is C25H35N3O4. The second kappa shape index (κ2) is 11.7. The standard InChI is InChI=1S/C25H35N3O4/c1-4-12-28(21-10-13-32-14-11-21)23-8-6-19(18(5-2)16-25(29)30)15-22(23)27-20-7-9-24(31-3)26-17-20/h6-9,15,17-18,21,27H,4-5,10-14,16H2,1-3H3,(H,29,30)/t18-/m0/s1. The zero-order chi connectivity index (χ0) is 22.9. The molecule has 7 heteroatoms. The lowest BCUT2D eigenvalue weighted by Crippen LogP contribution is -2.40. The molecule has 0 radical (unpaired) electrons. The number of rotatable bonds is 11. The minimum absolute atomic E-state index is 0.0289. The summed E-state index contributed by atoms with van der Waals surface area (Å²) < 4.78 is 10.8. The molecule has 32 heavy (non-hydrogen) atoms. The summed E-state index contributed by atoms with van der Waals surface area (Å²) >= 11 is 0. The number of hydrogen-bond acceptors (Lipinski definition) is 6. The number of pyridine rings is 1. The van der Waals surface area contributed by atoms with Crippen LogP contribution in [0.1, 0.15) is 57.4 Å². The number of anilines is 3. The minimum Gasteiger partial charge on any atom is -0.481 e. The van der Waals surface area contributed by atoms with Crippen molar-refractivity contribution in [2.24, 2.45) is 0 Å². The van der Waals surface area contributed by atoms with Crippen LogP contribution in [0.15, 0.2) is 36.5 Å². The summed E-state index contributed by atoms with van der Waals surface area (Å²) in [5.74, 6) is -0.241. The van der Waals surface area contributed by atoms with E-state index in [4.69, 9.17) is 9.47 Å². The van der Waals surface area contributed by atoms with Crippen molar-refractivity contribution in [3.05, 3.63) is 42.1 Å². The number of aliphatic carboxylic acids is 1. The summed E-state index contributed by atoms with van der Waals surface area (Å²) in [7, 11) is 1.60. The number of hydrogen-bond donors (Lipinski definition) is 2. The Balaban J connectivity index is 1.99. The third-order valence-electron chi connectivity index (χ3n) is 6.04. The van der Waals surface area contributed by atoms with Gasteiger partial charge in [-0.3, -0.25) is 4.79 Å². The monoisotopic (exact) mass is 441 g/mol. The van der Waals surface area contributed by atoms with E-state index in [1.165, 1.54) is 0 Å². The van der Waals surface area contributed by atoms with Gasteiger partial charge in [0.2, 0.25) is 5.88 Å². The number of aromatic nitrogens is 1. The molecule has 7 nitrogen and oxygen atoms in total. The molecule has 2 aromatic rings. The predicted octanol–water partition coefficient (Wildman–Crippen LogP) is 5.20. The summed E-state index contributed by atoms with van der Waals surface area (Å²) in [5, 5.41) is 12.9. The fourth-order valence-electron chi connectivity index (χ4n) is 4.33. The van der Waals surface area contributed by atoms with Crippen LogP contribution in [0, 0.1) is 0 Å². The first-order valence-electron chi connectivity index (χ1n) is 11.5. The van der Waals surface area contributed by atoms with Crippen LogP contribution < -0.4 is 15.0 Å². The fraction of sp³-hybridized carbons (Fsp3) is 0.520. The number of methoxy groups -OCH3 is 1. The Morgan fingerprint density at radius 3 is 2.66 bits per heavy atom. The Hall–Kier alpha value is -2.80. The summed E-state index contributed by atoms with van der Waals surface area (Å²) in [6, 6.07) is 10.5. The van der Waals surface area contributed by atoms with Gasteiger partial charge >= 0.3 is 5.97 Å². The van der Waals surface area contributed by atoms with Gasteiger partial charge in [-0.15, -0.1) is 0 Å². The molecule has 2 N–H and O–H groups in total. The number of ether oxygens (including phenoxy) is 2. The molecule has 174 valence electrons. The van der Waals surface area contributed by atoms with E-state index in [9.17, 15) is 9.90 Å². The predicted molar refractivity (Wildman–Crippen MR) is 127 cm³/mol. The van der Waals surface area contributed by atoms with Gasteiger partial charge in [-0.2, -0.15) is 0 Å². The summed E-state index contributed by atoms with van der Waals surface area (Å²) in [6.07, 6.45) is 5.69. The highest BCUT2D eigenvalue weighted by Crippen LogP contribution is 2.36. The van der Waals surface area contributed by atoms with E-state index >= 15 is 0 Å². The van der Waals surface area contributed by atoms with Crippen molar-refractivity contribution >= 4 is 23.0 Å². The SMILES string of the molecule is CCCN(c1ccc([C@@H](CC)CC(=O)O)cc1Nc1ccc(OC)nc1)C1CCOCC1. The lowest BCUT2D eigenvalue weighted by atomic mass is 9.92. The highest BCUT2D eigenvalue weighted by Gasteiger charge is 2.24. The summed E-state index contributed by atoms with van der Waals surface area (Å²) in [5.41, 5.74) is 3.99. The topological polar surface area (TPSA) is 83.9 Å². The van der Waals surface area contributed by atoms with Gasteiger partial charge in [0.25, 0.3) is 0 Å². The normalized spacial score (nSPS) is 15.2. The van der Waals surface area contributed by atoms with Crippen molar-refractivity contribution in [3.8, 4) is 5.88 Å².